The van der Waals surface area contributed by atoms with E-state index < -0.39 is 17.7 Å². The van der Waals surface area contributed by atoms with Gasteiger partial charge >= 0.3 is 5.97 Å². The maximum absolute atomic E-state index is 13.6. The topological polar surface area (TPSA) is 66.4 Å². The Kier molecular flexibility index (Phi) is 4.59. The smallest absolute Gasteiger partial charge is 0.335 e. The van der Waals surface area contributed by atoms with E-state index in [1.807, 2.05) is 0 Å². The lowest BCUT2D eigenvalue weighted by Gasteiger charge is -2.09. The molecule has 0 saturated heterocycles. The molecule has 0 aromatic heterocycles. The highest BCUT2D eigenvalue weighted by molar-refractivity contribution is 9.10. The van der Waals surface area contributed by atoms with Crippen LogP contribution >= 0.6 is 27.5 Å². The molecule has 108 valence electrons. The first-order valence-electron chi connectivity index (χ1n) is 5.67. The summed E-state index contributed by atoms with van der Waals surface area (Å²) in [4.78, 5) is 23.0. The van der Waals surface area contributed by atoms with Gasteiger partial charge in [-0.1, -0.05) is 33.6 Å². The Morgan fingerprint density at radius 1 is 1.24 bits per heavy atom. The van der Waals surface area contributed by atoms with E-state index in [4.69, 9.17) is 16.7 Å². The molecule has 0 unspecified atom stereocenters. The number of amides is 1. The molecule has 2 aromatic carbocycles. The third-order valence-electron chi connectivity index (χ3n) is 2.59. The van der Waals surface area contributed by atoms with Gasteiger partial charge in [-0.05, 0) is 30.3 Å². The minimum absolute atomic E-state index is 0.0145. The highest BCUT2D eigenvalue weighted by atomic mass is 79.9. The Morgan fingerprint density at radius 2 is 1.95 bits per heavy atom. The molecule has 21 heavy (non-hydrogen) atoms. The van der Waals surface area contributed by atoms with Gasteiger partial charge in [0, 0.05) is 10.2 Å². The third-order valence-corrected chi connectivity index (χ3v) is 3.37. The van der Waals surface area contributed by atoms with Gasteiger partial charge in [-0.15, -0.1) is 0 Å². The van der Waals surface area contributed by atoms with Crippen LogP contribution in [-0.4, -0.2) is 17.0 Å². The minimum atomic E-state index is -1.14. The number of rotatable bonds is 3. The maximum Gasteiger partial charge on any atom is 0.335 e. The molecule has 0 aliphatic carbocycles. The van der Waals surface area contributed by atoms with Crippen molar-refractivity contribution in [2.24, 2.45) is 0 Å². The molecule has 0 aliphatic rings. The number of hydrogen-bond acceptors (Lipinski definition) is 2. The number of nitrogens with one attached hydrogen (secondary N) is 1. The molecule has 0 saturated carbocycles. The summed E-state index contributed by atoms with van der Waals surface area (Å²) in [7, 11) is 0. The predicted octanol–water partition coefficient (Wildman–Crippen LogP) is 4.19. The molecule has 0 atom stereocenters. The van der Waals surface area contributed by atoms with Crippen molar-refractivity contribution in [1.29, 1.82) is 0 Å². The molecule has 4 nitrogen and oxygen atoms in total. The Hall–Kier alpha value is -1.92. The molecule has 2 aromatic rings. The summed E-state index contributed by atoms with van der Waals surface area (Å²) in [5.41, 5.74) is -0.0959. The molecule has 0 radical (unpaired) electrons. The van der Waals surface area contributed by atoms with Crippen LogP contribution in [0.2, 0.25) is 5.02 Å². The SMILES string of the molecule is O=C(O)c1cc(Br)cc(NC(=O)c2c(F)cccc2Cl)c1. The zero-order valence-corrected chi connectivity index (χ0v) is 12.7. The zero-order chi connectivity index (χ0) is 15.6. The summed E-state index contributed by atoms with van der Waals surface area (Å²) in [5.74, 6) is -2.66. The van der Waals surface area contributed by atoms with E-state index in [0.717, 1.165) is 6.07 Å². The number of halogens is 3. The maximum atomic E-state index is 13.6. The Labute approximate surface area is 132 Å². The van der Waals surface area contributed by atoms with E-state index in [1.165, 1.54) is 30.3 Å². The minimum Gasteiger partial charge on any atom is -0.478 e. The number of anilines is 1. The van der Waals surface area contributed by atoms with Crippen LogP contribution in [0.3, 0.4) is 0 Å². The number of benzene rings is 2. The number of hydrogen-bond donors (Lipinski definition) is 2. The molecule has 0 bridgehead atoms. The molecule has 2 rings (SSSR count). The van der Waals surface area contributed by atoms with Gasteiger partial charge in [-0.25, -0.2) is 9.18 Å². The predicted molar refractivity (Wildman–Crippen MR) is 80.5 cm³/mol. The van der Waals surface area contributed by atoms with Gasteiger partial charge in [0.25, 0.3) is 5.91 Å². The van der Waals surface area contributed by atoms with Crippen molar-refractivity contribution in [3.63, 3.8) is 0 Å². The first kappa shape index (κ1) is 15.5. The fourth-order valence-electron chi connectivity index (χ4n) is 1.69. The van der Waals surface area contributed by atoms with Gasteiger partial charge in [0.1, 0.15) is 5.82 Å². The second-order valence-electron chi connectivity index (χ2n) is 4.08. The largest absolute Gasteiger partial charge is 0.478 e. The molecule has 0 spiro atoms. The lowest BCUT2D eigenvalue weighted by Crippen LogP contribution is -2.15. The summed E-state index contributed by atoms with van der Waals surface area (Å²) in [6, 6.07) is 8.04. The summed E-state index contributed by atoms with van der Waals surface area (Å²) >= 11 is 8.94. The first-order valence-corrected chi connectivity index (χ1v) is 6.85. The number of carbonyl (C=O) groups excluding carboxylic acids is 1. The fraction of sp³-hybridized carbons (Fsp3) is 0. The normalized spacial score (nSPS) is 10.2. The van der Waals surface area contributed by atoms with E-state index in [2.05, 4.69) is 21.2 Å². The van der Waals surface area contributed by atoms with Crippen LogP contribution < -0.4 is 5.32 Å². The van der Waals surface area contributed by atoms with E-state index in [-0.39, 0.29) is 21.8 Å². The van der Waals surface area contributed by atoms with Crippen molar-refractivity contribution >= 4 is 45.1 Å². The summed E-state index contributed by atoms with van der Waals surface area (Å²) in [5, 5.41) is 11.4. The van der Waals surface area contributed by atoms with Crippen LogP contribution in [0, 0.1) is 5.82 Å². The molecule has 1 amide bonds. The van der Waals surface area contributed by atoms with Gasteiger partial charge in [0.05, 0.1) is 16.1 Å². The van der Waals surface area contributed by atoms with E-state index >= 15 is 0 Å². The molecule has 0 aliphatic heterocycles. The summed E-state index contributed by atoms with van der Waals surface area (Å²) in [6.07, 6.45) is 0. The summed E-state index contributed by atoms with van der Waals surface area (Å²) in [6.45, 7) is 0. The van der Waals surface area contributed by atoms with Gasteiger partial charge in [0.15, 0.2) is 0 Å². The van der Waals surface area contributed by atoms with Crippen LogP contribution in [-0.2, 0) is 0 Å². The highest BCUT2D eigenvalue weighted by Crippen LogP contribution is 2.23. The van der Waals surface area contributed by atoms with Crippen LogP contribution in [0.4, 0.5) is 10.1 Å². The van der Waals surface area contributed by atoms with Gasteiger partial charge in [-0.2, -0.15) is 0 Å². The molecule has 0 fully saturated rings. The average Bonchev–Trinajstić information content (AvgIpc) is 2.37. The molecule has 0 heterocycles. The van der Waals surface area contributed by atoms with E-state index in [9.17, 15) is 14.0 Å². The average molecular weight is 373 g/mol. The monoisotopic (exact) mass is 371 g/mol. The van der Waals surface area contributed by atoms with Crippen LogP contribution in [0.5, 0.6) is 0 Å². The van der Waals surface area contributed by atoms with Crippen molar-refractivity contribution in [2.75, 3.05) is 5.32 Å². The number of carbonyl (C=O) groups is 2. The van der Waals surface area contributed by atoms with Crippen molar-refractivity contribution in [1.82, 2.24) is 0 Å². The fourth-order valence-corrected chi connectivity index (χ4v) is 2.44. The lowest BCUT2D eigenvalue weighted by atomic mass is 10.1. The Balaban J connectivity index is 2.34. The molecule has 7 heteroatoms. The molecular weight excluding hydrogens is 365 g/mol. The van der Waals surface area contributed by atoms with Gasteiger partial charge in [-0.3, -0.25) is 4.79 Å². The second-order valence-corrected chi connectivity index (χ2v) is 5.41. The van der Waals surface area contributed by atoms with Crippen LogP contribution in [0.1, 0.15) is 20.7 Å². The van der Waals surface area contributed by atoms with E-state index in [1.54, 1.807) is 0 Å². The van der Waals surface area contributed by atoms with Crippen molar-refractivity contribution in [2.45, 2.75) is 0 Å². The van der Waals surface area contributed by atoms with Crippen molar-refractivity contribution in [3.8, 4) is 0 Å². The number of carboxylic acid groups (broad SMARTS) is 1. The highest BCUT2D eigenvalue weighted by Gasteiger charge is 2.16. The second kappa shape index (κ2) is 6.24. The van der Waals surface area contributed by atoms with Crippen molar-refractivity contribution < 1.29 is 19.1 Å². The van der Waals surface area contributed by atoms with Gasteiger partial charge in [0.2, 0.25) is 0 Å². The molecular formula is C14H8BrClFNO3. The number of carboxylic acids is 1. The van der Waals surface area contributed by atoms with E-state index in [0.29, 0.717) is 4.47 Å². The van der Waals surface area contributed by atoms with Crippen molar-refractivity contribution in [3.05, 3.63) is 62.8 Å². The van der Waals surface area contributed by atoms with Crippen LogP contribution in [0.15, 0.2) is 40.9 Å². The number of aromatic carboxylic acids is 1. The lowest BCUT2D eigenvalue weighted by molar-refractivity contribution is 0.0696. The third kappa shape index (κ3) is 3.59. The molecule has 2 N–H and O–H groups in total. The quantitative estimate of drug-likeness (QED) is 0.849. The zero-order valence-electron chi connectivity index (χ0n) is 10.4. The van der Waals surface area contributed by atoms with Crippen LogP contribution in [0.25, 0.3) is 0 Å². The Morgan fingerprint density at radius 3 is 2.57 bits per heavy atom. The van der Waals surface area contributed by atoms with Gasteiger partial charge < -0.3 is 10.4 Å². The Bertz CT molecular complexity index is 716. The summed E-state index contributed by atoms with van der Waals surface area (Å²) < 4.78 is 14.1. The first-order chi connectivity index (χ1) is 9.88. The standard InChI is InChI=1S/C14H8BrClFNO3/c15-8-4-7(14(20)21)5-9(6-8)18-13(19)12-10(16)2-1-3-11(12)17/h1-6H,(H,18,19)(H,20,21).